The molecule has 1 saturated heterocycles. The molecule has 2 rings (SSSR count). The van der Waals surface area contributed by atoms with Crippen LogP contribution in [0.25, 0.3) is 0 Å². The molecule has 1 aliphatic heterocycles. The van der Waals surface area contributed by atoms with Crippen molar-refractivity contribution in [2.24, 2.45) is 0 Å². The number of rotatable bonds is 6. The smallest absolute Gasteiger partial charge is 0.317 e. The zero-order valence-electron chi connectivity index (χ0n) is 14.7. The number of carbonyl (C=O) groups is 1. The van der Waals surface area contributed by atoms with Crippen LogP contribution in [0.3, 0.4) is 0 Å². The molecule has 1 aliphatic rings. The van der Waals surface area contributed by atoms with Gasteiger partial charge in [0.25, 0.3) is 0 Å². The lowest BCUT2D eigenvalue weighted by atomic mass is 9.86. The predicted molar refractivity (Wildman–Crippen MR) is 99.1 cm³/mol. The lowest BCUT2D eigenvalue weighted by Crippen LogP contribution is -2.44. The van der Waals surface area contributed by atoms with Crippen molar-refractivity contribution in [3.8, 4) is 0 Å². The fourth-order valence-corrected chi connectivity index (χ4v) is 4.10. The van der Waals surface area contributed by atoms with Crippen LogP contribution in [0, 0.1) is 0 Å². The van der Waals surface area contributed by atoms with Gasteiger partial charge in [0.1, 0.15) is 12.0 Å². The molecule has 1 heterocycles. The van der Waals surface area contributed by atoms with Gasteiger partial charge in [0, 0.05) is 11.1 Å². The van der Waals surface area contributed by atoms with Crippen molar-refractivity contribution in [3.05, 3.63) is 34.3 Å². The van der Waals surface area contributed by atoms with Gasteiger partial charge in [-0.05, 0) is 42.6 Å². The summed E-state index contributed by atoms with van der Waals surface area (Å²) in [5.74, 6) is -0.259. The molecule has 0 aromatic heterocycles. The number of esters is 1. The maximum Gasteiger partial charge on any atom is 0.317 e. The summed E-state index contributed by atoms with van der Waals surface area (Å²) in [5, 5.41) is 0.230. The number of benzene rings is 1. The van der Waals surface area contributed by atoms with Crippen molar-refractivity contribution in [1.82, 2.24) is 0 Å². The molecular formula is C18H27BrO3Si. The normalized spacial score (nSPS) is 21.7. The Morgan fingerprint density at radius 2 is 1.91 bits per heavy atom. The Labute approximate surface area is 149 Å². The van der Waals surface area contributed by atoms with Gasteiger partial charge < -0.3 is 9.16 Å². The summed E-state index contributed by atoms with van der Waals surface area (Å²) in [5.41, 5.74) is 1.03. The number of halogens is 1. The third kappa shape index (κ3) is 4.25. The van der Waals surface area contributed by atoms with Crippen LogP contribution in [0.1, 0.15) is 45.1 Å². The van der Waals surface area contributed by atoms with Crippen molar-refractivity contribution in [2.75, 3.05) is 6.61 Å². The van der Waals surface area contributed by atoms with Crippen molar-refractivity contribution >= 4 is 30.2 Å². The Balaban J connectivity index is 1.85. The molecule has 3 nitrogen and oxygen atoms in total. The van der Waals surface area contributed by atoms with Crippen LogP contribution in [0.4, 0.5) is 0 Å². The molecule has 0 saturated carbocycles. The average molecular weight is 399 g/mol. The van der Waals surface area contributed by atoms with E-state index in [9.17, 15) is 4.79 Å². The van der Waals surface area contributed by atoms with Crippen molar-refractivity contribution < 1.29 is 14.0 Å². The summed E-state index contributed by atoms with van der Waals surface area (Å²) >= 11 is 3.53. The van der Waals surface area contributed by atoms with Crippen LogP contribution in [0.5, 0.6) is 0 Å². The van der Waals surface area contributed by atoms with Crippen LogP contribution in [0.15, 0.2) is 28.7 Å². The quantitative estimate of drug-likeness (QED) is 0.372. The summed E-state index contributed by atoms with van der Waals surface area (Å²) in [4.78, 5) is 11.8. The lowest BCUT2D eigenvalue weighted by Gasteiger charge is -2.38. The van der Waals surface area contributed by atoms with Crippen LogP contribution >= 0.6 is 15.9 Å². The highest BCUT2D eigenvalue weighted by molar-refractivity contribution is 9.10. The zero-order valence-corrected chi connectivity index (χ0v) is 17.3. The first-order valence-electron chi connectivity index (χ1n) is 8.22. The molecular weight excluding hydrogens is 372 g/mol. The van der Waals surface area contributed by atoms with E-state index < -0.39 is 8.32 Å². The molecule has 0 amide bonds. The lowest BCUT2D eigenvalue weighted by molar-refractivity contribution is -0.176. The van der Waals surface area contributed by atoms with Gasteiger partial charge in [-0.2, -0.15) is 0 Å². The van der Waals surface area contributed by atoms with E-state index in [1.54, 1.807) is 0 Å². The second kappa shape index (κ2) is 7.07. The van der Waals surface area contributed by atoms with E-state index >= 15 is 0 Å². The summed E-state index contributed by atoms with van der Waals surface area (Å²) in [6.07, 6.45) is 1.75. The first-order valence-corrected chi connectivity index (χ1v) is 11.9. The highest BCUT2D eigenvalue weighted by Gasteiger charge is 2.44. The van der Waals surface area contributed by atoms with E-state index in [0.29, 0.717) is 0 Å². The molecule has 5 heteroatoms. The predicted octanol–water partition coefficient (Wildman–Crippen LogP) is 5.26. The summed E-state index contributed by atoms with van der Waals surface area (Å²) in [6, 6.07) is 7.88. The van der Waals surface area contributed by atoms with E-state index in [1.165, 1.54) is 0 Å². The van der Waals surface area contributed by atoms with Crippen LogP contribution in [-0.4, -0.2) is 27.0 Å². The third-order valence-corrected chi connectivity index (χ3v) is 10.3. The molecule has 128 valence electrons. The number of hydrogen-bond donors (Lipinski definition) is 0. The monoisotopic (exact) mass is 398 g/mol. The Kier molecular flexibility index (Phi) is 5.75. The van der Waals surface area contributed by atoms with Gasteiger partial charge in [-0.15, -0.1) is 0 Å². The third-order valence-electron chi connectivity index (χ3n) is 5.04. The Hall–Kier alpha value is -0.653. The Morgan fingerprint density at radius 1 is 1.26 bits per heavy atom. The first-order chi connectivity index (χ1) is 10.6. The maximum absolute atomic E-state index is 11.8. The molecule has 0 spiro atoms. The number of hydrogen-bond acceptors (Lipinski definition) is 3. The minimum absolute atomic E-state index is 0.0239. The second-order valence-corrected chi connectivity index (χ2v) is 13.4. The molecule has 1 aromatic rings. The largest absolute Gasteiger partial charge is 0.461 e. The van der Waals surface area contributed by atoms with Crippen LogP contribution in [0.2, 0.25) is 18.1 Å². The minimum atomic E-state index is -1.69. The van der Waals surface area contributed by atoms with Gasteiger partial charge in [-0.3, -0.25) is 4.79 Å². The highest BCUT2D eigenvalue weighted by Crippen LogP contribution is 2.39. The van der Waals surface area contributed by atoms with Crippen LogP contribution in [-0.2, 0) is 14.0 Å². The van der Waals surface area contributed by atoms with Gasteiger partial charge >= 0.3 is 5.97 Å². The number of carbonyl (C=O) groups excluding carboxylic acids is 1. The van der Waals surface area contributed by atoms with Gasteiger partial charge in [0.05, 0.1) is 0 Å². The molecule has 2 unspecified atom stereocenters. The van der Waals surface area contributed by atoms with Gasteiger partial charge in [-0.25, -0.2) is 0 Å². The van der Waals surface area contributed by atoms with Crippen molar-refractivity contribution in [2.45, 2.75) is 63.8 Å². The van der Waals surface area contributed by atoms with E-state index in [4.69, 9.17) is 9.16 Å². The van der Waals surface area contributed by atoms with Crippen molar-refractivity contribution in [3.63, 3.8) is 0 Å². The standard InChI is InChI=1S/C18H27BrO3Si/c1-18(2,3)23(4,5)21-12-8-11-15-16(17(20)22-15)13-9-6-7-10-14(13)19/h6-7,9-10,15-16H,8,11-12H2,1-5H3. The Bertz CT molecular complexity index is 566. The molecule has 1 aromatic carbocycles. The summed E-state index contributed by atoms with van der Waals surface area (Å²) < 4.78 is 12.5. The van der Waals surface area contributed by atoms with Gasteiger partial charge in [0.15, 0.2) is 8.32 Å². The molecule has 2 atom stereocenters. The van der Waals surface area contributed by atoms with E-state index in [-0.39, 0.29) is 23.0 Å². The second-order valence-electron chi connectivity index (χ2n) is 7.73. The molecule has 0 aliphatic carbocycles. The minimum Gasteiger partial charge on any atom is -0.461 e. The SMILES string of the molecule is CC(C)(C)[Si](C)(C)OCCCC1OC(=O)C1c1ccccc1Br. The number of cyclic esters (lactones) is 1. The fraction of sp³-hybridized carbons (Fsp3) is 0.611. The van der Waals surface area contributed by atoms with E-state index in [1.807, 2.05) is 24.3 Å². The molecule has 0 bridgehead atoms. The summed E-state index contributed by atoms with van der Waals surface area (Å²) in [7, 11) is -1.69. The average Bonchev–Trinajstić information content (AvgIpc) is 2.43. The molecule has 1 fully saturated rings. The van der Waals surface area contributed by atoms with E-state index in [0.717, 1.165) is 29.5 Å². The van der Waals surface area contributed by atoms with Gasteiger partial charge in [0.2, 0.25) is 0 Å². The number of ether oxygens (including phenoxy) is 1. The molecule has 23 heavy (non-hydrogen) atoms. The first kappa shape index (κ1) is 18.7. The van der Waals surface area contributed by atoms with Gasteiger partial charge in [-0.1, -0.05) is 54.9 Å². The van der Waals surface area contributed by atoms with Crippen molar-refractivity contribution in [1.29, 1.82) is 0 Å². The highest BCUT2D eigenvalue weighted by atomic mass is 79.9. The van der Waals surface area contributed by atoms with E-state index in [2.05, 4.69) is 49.8 Å². The zero-order chi connectivity index (χ0) is 17.3. The maximum atomic E-state index is 11.8. The topological polar surface area (TPSA) is 35.5 Å². The molecule has 0 N–H and O–H groups in total. The summed E-state index contributed by atoms with van der Waals surface area (Å²) in [6.45, 7) is 12.0. The van der Waals surface area contributed by atoms with Crippen LogP contribution < -0.4 is 0 Å². The Morgan fingerprint density at radius 3 is 2.48 bits per heavy atom. The fourth-order valence-electron chi connectivity index (χ4n) is 2.48. The molecule has 0 radical (unpaired) electrons.